The van der Waals surface area contributed by atoms with Crippen molar-refractivity contribution in [2.24, 2.45) is 21.5 Å². The van der Waals surface area contributed by atoms with Crippen molar-refractivity contribution in [3.63, 3.8) is 0 Å². The molecular formula is C74H86F6N14O14. The summed E-state index contributed by atoms with van der Waals surface area (Å²) >= 11 is 0. The van der Waals surface area contributed by atoms with Crippen molar-refractivity contribution in [2.75, 3.05) is 145 Å². The van der Waals surface area contributed by atoms with Gasteiger partial charge in [-0.3, -0.25) is 28.3 Å². The van der Waals surface area contributed by atoms with E-state index < -0.39 is 46.4 Å². The topological polar surface area (TPSA) is 383 Å². The van der Waals surface area contributed by atoms with E-state index in [1.54, 1.807) is 48.5 Å². The van der Waals surface area contributed by atoms with Gasteiger partial charge in [0.15, 0.2) is 0 Å². The van der Waals surface area contributed by atoms with Gasteiger partial charge in [0, 0.05) is 73.2 Å². The Kier molecular flexibility index (Phi) is 36.6. The quantitative estimate of drug-likeness (QED) is 0.0106. The van der Waals surface area contributed by atoms with Crippen LogP contribution in [0.3, 0.4) is 0 Å². The maximum absolute atomic E-state index is 13.9. The average Bonchev–Trinajstić information content (AvgIpc) is 0.772. The fraction of sp³-hybridized carbons (Fsp3) is 0.378. The highest BCUT2D eigenvalue weighted by Crippen LogP contribution is 2.32. The number of nitrogens with zero attached hydrogens (tertiary/aromatic N) is 6. The number of benzene rings is 4. The first-order valence-corrected chi connectivity index (χ1v) is 34.1. The Balaban J connectivity index is 0.721. The number of halogens is 6. The molecule has 28 nitrogen and oxygen atoms in total. The zero-order valence-corrected chi connectivity index (χ0v) is 59.5. The Hall–Kier alpha value is -11.1. The van der Waals surface area contributed by atoms with Crippen LogP contribution in [0.5, 0.6) is 0 Å². The lowest BCUT2D eigenvalue weighted by Gasteiger charge is -2.18. The van der Waals surface area contributed by atoms with E-state index in [4.69, 9.17) is 49.4 Å². The molecule has 0 fully saturated rings. The number of hydrogen-bond donors (Lipinski definition) is 8. The van der Waals surface area contributed by atoms with Crippen LogP contribution in [0.15, 0.2) is 153 Å². The Morgan fingerprint density at radius 1 is 0.426 bits per heavy atom. The summed E-state index contributed by atoms with van der Waals surface area (Å²) in [5.41, 5.74) is 9.43. The number of aliphatic imine (C=N–C) groups is 2. The number of rotatable bonds is 45. The van der Waals surface area contributed by atoms with E-state index in [0.717, 1.165) is 45.5 Å². The van der Waals surface area contributed by atoms with E-state index in [1.165, 1.54) is 62.7 Å². The number of nitrogens with one attached hydrogen (secondary N) is 6. The van der Waals surface area contributed by atoms with Crippen molar-refractivity contribution in [1.82, 2.24) is 41.0 Å². The smallest absolute Gasteiger partial charge is 0.405 e. The number of nitrogens with two attached hydrogens (primary N) is 2. The minimum atomic E-state index is -4.72. The van der Waals surface area contributed by atoms with Crippen molar-refractivity contribution in [3.8, 4) is 23.5 Å². The van der Waals surface area contributed by atoms with Crippen molar-refractivity contribution < 1.29 is 83.4 Å². The molecule has 6 rings (SSSR count). The van der Waals surface area contributed by atoms with Gasteiger partial charge in [0.05, 0.1) is 163 Å². The minimum absolute atomic E-state index is 0.0282. The number of ether oxygens (including phenoxy) is 8. The molecule has 108 heavy (non-hydrogen) atoms. The number of amides is 6. The number of aromatic nitrogens is 2. The molecule has 2 aromatic heterocycles. The first-order valence-electron chi connectivity index (χ1n) is 34.1. The molecule has 0 saturated carbocycles. The van der Waals surface area contributed by atoms with E-state index in [-0.39, 0.29) is 200 Å². The molecule has 10 N–H and O–H groups in total. The molecule has 0 saturated heterocycles. The van der Waals surface area contributed by atoms with Gasteiger partial charge in [-0.1, -0.05) is 12.1 Å². The zero-order chi connectivity index (χ0) is 78.1. The summed E-state index contributed by atoms with van der Waals surface area (Å²) in [5, 5.41) is 34.6. The van der Waals surface area contributed by atoms with Gasteiger partial charge in [-0.2, -0.15) is 36.9 Å². The van der Waals surface area contributed by atoms with Crippen molar-refractivity contribution in [3.05, 3.63) is 210 Å². The van der Waals surface area contributed by atoms with Crippen LogP contribution in [0.1, 0.15) is 78.3 Å². The average molecular weight is 1510 g/mol. The molecule has 0 radical (unpaired) electrons. The first-order chi connectivity index (χ1) is 52.1. The van der Waals surface area contributed by atoms with E-state index in [2.05, 4.69) is 41.9 Å². The largest absolute Gasteiger partial charge is 0.416 e. The third-order valence-corrected chi connectivity index (χ3v) is 15.3. The number of carbonyl (C=O) groups is 4. The normalized spacial score (nSPS) is 11.9. The Labute approximate surface area is 618 Å². The number of hydrogen-bond acceptors (Lipinski definition) is 20. The Morgan fingerprint density at radius 3 is 1.02 bits per heavy atom. The summed E-state index contributed by atoms with van der Waals surface area (Å²) in [6.07, 6.45) is -3.01. The van der Waals surface area contributed by atoms with Gasteiger partial charge in [-0.25, -0.2) is 19.6 Å². The molecule has 578 valence electrons. The number of urea groups is 2. The number of alkyl halides is 6. The van der Waals surface area contributed by atoms with Crippen LogP contribution in [-0.4, -0.2) is 189 Å². The highest BCUT2D eigenvalue weighted by molar-refractivity contribution is 6.12. The number of unbranched alkanes of at least 4 members (excludes halogenated alkanes) is 1. The monoisotopic (exact) mass is 1510 g/mol. The van der Waals surface area contributed by atoms with Crippen molar-refractivity contribution in [2.45, 2.75) is 39.0 Å². The second-order valence-corrected chi connectivity index (χ2v) is 23.0. The van der Waals surface area contributed by atoms with Crippen molar-refractivity contribution >= 4 is 46.7 Å². The fourth-order valence-electron chi connectivity index (χ4n) is 10.0. The van der Waals surface area contributed by atoms with Crippen LogP contribution in [0.25, 0.3) is 11.4 Å². The second kappa shape index (κ2) is 46.1. The van der Waals surface area contributed by atoms with Crippen molar-refractivity contribution in [1.29, 1.82) is 10.5 Å². The van der Waals surface area contributed by atoms with Gasteiger partial charge < -0.3 is 81.3 Å². The number of nitriles is 2. The van der Waals surface area contributed by atoms with Gasteiger partial charge in [-0.15, -0.1) is 0 Å². The zero-order valence-electron chi connectivity index (χ0n) is 59.5. The minimum Gasteiger partial charge on any atom is -0.405 e. The lowest BCUT2D eigenvalue weighted by Crippen LogP contribution is -2.39. The van der Waals surface area contributed by atoms with Crippen LogP contribution in [0, 0.1) is 36.5 Å². The molecule has 0 aliphatic heterocycles. The highest BCUT2D eigenvalue weighted by Gasteiger charge is 2.33. The molecule has 0 spiro atoms. The number of allylic oxidation sites excluding steroid dienone is 2. The summed E-state index contributed by atoms with van der Waals surface area (Å²) < 4.78 is 129. The van der Waals surface area contributed by atoms with Crippen LogP contribution in [0.4, 0.5) is 47.3 Å². The molecule has 6 aromatic rings. The maximum atomic E-state index is 13.9. The highest BCUT2D eigenvalue weighted by atomic mass is 19.4. The van der Waals surface area contributed by atoms with Crippen LogP contribution < -0.4 is 54.5 Å². The van der Waals surface area contributed by atoms with E-state index in [1.807, 2.05) is 12.1 Å². The summed E-state index contributed by atoms with van der Waals surface area (Å²) in [4.78, 5) is 88.5. The van der Waals surface area contributed by atoms with Crippen LogP contribution in [0.2, 0.25) is 0 Å². The standard InChI is InChI=1S/C74H86F6N14O14/c1-51-61(65(19-21-81)91-57-15-11-53(49-83)12-16-57)47-63(69(97)93(51)59-9-5-7-55(45-59)73(75,76)77)67(95)85-25-29-101-33-37-105-41-43-107-39-35-103-31-27-89-71(99)87-23-3-4-24-88-72(100)90-28-32-104-36-40-108-44-42-106-38-34-102-30-26-86-68(96)64-48-62(66(20-22-82)92-58-17-13-54(50-84)14-18-58)52(2)94(70(64)98)60-10-6-8-56(46-60)74(78,79)80/h5-22,45-48H,3-4,23-44,81-82H2,1-2H3,(H,85,95)(H,86,96)(H2,87,89,99)(H2,88,90,100). The second-order valence-electron chi connectivity index (χ2n) is 23.0. The molecular weight excluding hydrogens is 1420 g/mol. The molecule has 0 aliphatic rings. The molecule has 0 bridgehead atoms. The van der Waals surface area contributed by atoms with Crippen LogP contribution in [-0.2, 0) is 50.2 Å². The SMILES string of the molecule is Cc1c(C(C=CN)=Nc2ccc(C#N)cc2)cc(C(=O)NCCOCCOCCOCCOCCNC(=O)NCCCCNC(=O)NCCOCCOCCOCCOCCNC(=O)c2cc(C(C=CN)=Nc3ccc(C#N)cc3)c(C)n(-c3cccc(C(F)(F)F)c3)c2=O)c(=O)n1-c1cccc(C(F)(F)F)c1. The summed E-state index contributed by atoms with van der Waals surface area (Å²) in [6.45, 7) is 7.74. The molecule has 2 heterocycles. The molecule has 4 aromatic carbocycles. The Morgan fingerprint density at radius 2 is 0.722 bits per heavy atom. The molecule has 6 amide bonds. The van der Waals surface area contributed by atoms with Gasteiger partial charge in [0.1, 0.15) is 11.1 Å². The molecule has 0 unspecified atom stereocenters. The number of carbonyl (C=O) groups excluding carboxylic acids is 4. The van der Waals surface area contributed by atoms with Gasteiger partial charge in [0.2, 0.25) is 0 Å². The van der Waals surface area contributed by atoms with Gasteiger partial charge in [-0.05, 0) is 148 Å². The predicted molar refractivity (Wildman–Crippen MR) is 388 cm³/mol. The fourth-order valence-corrected chi connectivity index (χ4v) is 10.0. The predicted octanol–water partition coefficient (Wildman–Crippen LogP) is 7.24. The third-order valence-electron chi connectivity index (χ3n) is 15.3. The maximum Gasteiger partial charge on any atom is 0.416 e. The van der Waals surface area contributed by atoms with Gasteiger partial charge in [0.25, 0.3) is 22.9 Å². The first kappa shape index (κ1) is 85.8. The van der Waals surface area contributed by atoms with E-state index >= 15 is 0 Å². The van der Waals surface area contributed by atoms with E-state index in [9.17, 15) is 65.6 Å². The lowest BCUT2D eigenvalue weighted by molar-refractivity contribution is -0.138. The Bertz CT molecular complexity index is 3980. The lowest BCUT2D eigenvalue weighted by atomic mass is 10.0. The summed E-state index contributed by atoms with van der Waals surface area (Å²) in [6, 6.07) is 26.6. The van der Waals surface area contributed by atoms with Crippen LogP contribution >= 0.6 is 0 Å². The molecule has 0 atom stereocenters. The number of pyridine rings is 2. The van der Waals surface area contributed by atoms with Gasteiger partial charge >= 0.3 is 24.4 Å². The summed E-state index contributed by atoms with van der Waals surface area (Å²) in [5.74, 6) is -1.63. The van der Waals surface area contributed by atoms with E-state index in [0.29, 0.717) is 48.4 Å². The molecule has 0 aliphatic carbocycles. The summed E-state index contributed by atoms with van der Waals surface area (Å²) in [7, 11) is 0. The molecule has 34 heteroatoms. The third kappa shape index (κ3) is 29.0.